The van der Waals surface area contributed by atoms with Crippen molar-refractivity contribution < 1.29 is 81.1 Å². The first kappa shape index (κ1) is 86.3. The molecule has 0 bridgehead atoms. The summed E-state index contributed by atoms with van der Waals surface area (Å²) in [5.41, 5.74) is 6.35. The summed E-state index contributed by atoms with van der Waals surface area (Å²) in [5.74, 6) is -3.48. The first-order chi connectivity index (χ1) is 54.9. The van der Waals surface area contributed by atoms with E-state index in [1.54, 1.807) is 69.8 Å². The molecule has 0 aliphatic carbocycles. The van der Waals surface area contributed by atoms with Gasteiger partial charge < -0.3 is 114 Å². The maximum Gasteiger partial charge on any atom is 0.291 e. The lowest BCUT2D eigenvalue weighted by atomic mass is 9.89. The smallest absolute Gasteiger partial charge is 0.291 e. The number of imidazole rings is 3. The SMILES string of the molecule is CC(=O)N1c2ccc(-c3ccc(NC(=O)CCOCCOCCOCCOCCOCCOCCOCCNC(=O)CCNC(=O)c4nc(NC(=O)CCNC(=O)c5cc(NC(=O)c6nc(NC(=O)CCC(=O)Nc7cc(NC(=O)c8nccn8C)cn7C)cn6C)cn5C)cn4C)cc3)cc2[C@H](Nc2ccc(Cl)cc2)C[C@@H]1C. The van der Waals surface area contributed by atoms with Crippen LogP contribution in [0.4, 0.5) is 45.9 Å². The largest absolute Gasteiger partial charge is 0.379 e. The second-order valence-electron chi connectivity index (χ2n) is 26.5. The van der Waals surface area contributed by atoms with E-state index < -0.39 is 41.4 Å². The van der Waals surface area contributed by atoms with Gasteiger partial charge in [-0.2, -0.15) is 0 Å². The molecule has 0 unspecified atom stereocenters. The normalized spacial score (nSPS) is 13.0. The number of hydrogen-bond acceptors (Lipinski definition) is 21. The van der Waals surface area contributed by atoms with Gasteiger partial charge in [0.2, 0.25) is 47.1 Å². The number of anilines is 8. The number of fused-ring (bicyclic) bond motifs is 1. The van der Waals surface area contributed by atoms with Gasteiger partial charge in [-0.25, -0.2) is 15.0 Å². The van der Waals surface area contributed by atoms with Crippen molar-refractivity contribution in [2.45, 2.75) is 64.5 Å². The Morgan fingerprint density at radius 2 is 0.921 bits per heavy atom. The van der Waals surface area contributed by atoms with E-state index in [-0.39, 0.29) is 135 Å². The summed E-state index contributed by atoms with van der Waals surface area (Å²) in [5, 5.41) is 28.6. The van der Waals surface area contributed by atoms with Gasteiger partial charge in [0.1, 0.15) is 11.5 Å². The monoisotopic (exact) mass is 1600 g/mol. The van der Waals surface area contributed by atoms with Crippen LogP contribution in [0, 0.1) is 0 Å². The van der Waals surface area contributed by atoms with E-state index in [1.807, 2.05) is 65.6 Å². The van der Waals surface area contributed by atoms with Gasteiger partial charge in [0.15, 0.2) is 17.5 Å². The summed E-state index contributed by atoms with van der Waals surface area (Å²) >= 11 is 6.14. The summed E-state index contributed by atoms with van der Waals surface area (Å²) in [6.45, 7) is 8.78. The van der Waals surface area contributed by atoms with Crippen LogP contribution >= 0.6 is 11.6 Å². The molecule has 2 atom stereocenters. The number of halogens is 1. The van der Waals surface area contributed by atoms with Gasteiger partial charge in [-0.15, -0.1) is 0 Å². The van der Waals surface area contributed by atoms with Gasteiger partial charge in [-0.3, -0.25) is 47.9 Å². The van der Waals surface area contributed by atoms with E-state index >= 15 is 0 Å². The van der Waals surface area contributed by atoms with Crippen molar-refractivity contribution in [2.24, 2.45) is 35.2 Å². The van der Waals surface area contributed by atoms with Crippen molar-refractivity contribution in [3.63, 3.8) is 0 Å². The maximum absolute atomic E-state index is 13.3. The minimum atomic E-state index is -0.648. The van der Waals surface area contributed by atoms with E-state index in [0.29, 0.717) is 101 Å². The first-order valence-corrected chi connectivity index (χ1v) is 37.4. The van der Waals surface area contributed by atoms with Crippen LogP contribution in [0.1, 0.15) is 106 Å². The number of nitrogens with zero attached hydrogens (tertiary/aromatic N) is 9. The molecule has 6 heterocycles. The number of amides is 10. The minimum absolute atomic E-state index is 0.00355. The van der Waals surface area contributed by atoms with Crippen molar-refractivity contribution in [1.82, 2.24) is 53.7 Å². The van der Waals surface area contributed by atoms with Gasteiger partial charge in [0, 0.05) is 159 Å². The Bertz CT molecular complexity index is 4590. The number of aromatic nitrogens is 8. The predicted molar refractivity (Wildman–Crippen MR) is 424 cm³/mol. The van der Waals surface area contributed by atoms with Crippen LogP contribution in [0.3, 0.4) is 0 Å². The van der Waals surface area contributed by atoms with Crippen molar-refractivity contribution in [2.75, 3.05) is 154 Å². The third-order valence-electron chi connectivity index (χ3n) is 17.6. The number of rotatable bonds is 46. The fourth-order valence-corrected chi connectivity index (χ4v) is 12.1. The first-order valence-electron chi connectivity index (χ1n) is 37.1. The van der Waals surface area contributed by atoms with Crippen molar-refractivity contribution in [3.05, 3.63) is 150 Å². The Morgan fingerprint density at radius 3 is 1.50 bits per heavy atom. The number of carbonyl (C=O) groups is 10. The highest BCUT2D eigenvalue weighted by atomic mass is 35.5. The van der Waals surface area contributed by atoms with E-state index in [0.717, 1.165) is 34.5 Å². The maximum atomic E-state index is 13.3. The second kappa shape index (κ2) is 44.0. The molecule has 0 saturated heterocycles. The van der Waals surface area contributed by atoms with E-state index in [4.69, 9.17) is 44.8 Å². The van der Waals surface area contributed by atoms with Crippen LogP contribution in [0.25, 0.3) is 11.1 Å². The fraction of sp³-hybridized carbons (Fsp3) is 0.416. The molecule has 36 nitrogen and oxygen atoms in total. The van der Waals surface area contributed by atoms with E-state index in [1.165, 1.54) is 44.6 Å². The standard InChI is InChI=1S/C77H98ClN19O17/c1-50-42-60(83-55-15-11-54(78)12-16-55)59-43-53(10-17-61(59)97(50)51(2)98)52-8-13-56(14-9-52)84-70(103)22-28-108-30-32-110-34-36-112-38-40-114-41-39-113-37-35-111-33-31-109-29-26-79-66(99)20-23-82-75(105)72-89-64(48-95(72)6)88-69(102)21-24-81-74(104)62-44-57(46-93(62)4)85-77(107)73-90-63(49-96(73)7)87-67(100)18-19-68(101)91-65-45-58(47-94(65)5)86-76(106)71-80-25-27-92(71)3/h8-17,25,27,43-50,60,83H,18-24,26,28-42H2,1-7H3,(H,79,99)(H,81,104)(H,82,105)(H,84,103)(H,85,107)(H,86,106)(H,87,100)(H,88,102)(H,91,101)/t50-,60+/m0/s1. The zero-order chi connectivity index (χ0) is 81.5. The van der Waals surface area contributed by atoms with Crippen LogP contribution in [-0.4, -0.2) is 215 Å². The molecule has 0 radical (unpaired) electrons. The highest BCUT2D eigenvalue weighted by Gasteiger charge is 2.33. The zero-order valence-electron chi connectivity index (χ0n) is 64.7. The lowest BCUT2D eigenvalue weighted by Gasteiger charge is -2.39. The Hall–Kier alpha value is -11.6. The molecule has 5 aromatic heterocycles. The third kappa shape index (κ3) is 27.1. The predicted octanol–water partition coefficient (Wildman–Crippen LogP) is 6.18. The highest BCUT2D eigenvalue weighted by Crippen LogP contribution is 2.41. The molecule has 37 heteroatoms. The second-order valence-corrected chi connectivity index (χ2v) is 26.9. The molecule has 1 aliphatic heterocycles. The van der Waals surface area contributed by atoms with Crippen LogP contribution in [0.2, 0.25) is 5.02 Å². The van der Waals surface area contributed by atoms with Gasteiger partial charge in [0.05, 0.1) is 116 Å². The lowest BCUT2D eigenvalue weighted by molar-refractivity contribution is -0.121. The molecule has 610 valence electrons. The number of hydrogen-bond donors (Lipinski definition) is 10. The van der Waals surface area contributed by atoms with Gasteiger partial charge >= 0.3 is 0 Å². The summed E-state index contributed by atoms with van der Waals surface area (Å²) in [7, 11) is 8.08. The number of ether oxygens (including phenoxy) is 7. The molecule has 10 amide bonds. The molecule has 8 aromatic rings. The number of carbonyl (C=O) groups excluding carboxylic acids is 10. The van der Waals surface area contributed by atoms with Gasteiger partial charge in [-0.1, -0.05) is 29.8 Å². The molecular formula is C77H98ClN19O17. The summed E-state index contributed by atoms with van der Waals surface area (Å²) in [4.78, 5) is 142. The highest BCUT2D eigenvalue weighted by molar-refractivity contribution is 6.30. The molecular weight excluding hydrogens is 1500 g/mol. The van der Waals surface area contributed by atoms with Crippen LogP contribution in [-0.2, 0) is 97.2 Å². The van der Waals surface area contributed by atoms with Crippen molar-refractivity contribution in [1.29, 1.82) is 0 Å². The molecule has 0 fully saturated rings. The van der Waals surface area contributed by atoms with Gasteiger partial charge in [0.25, 0.3) is 23.6 Å². The van der Waals surface area contributed by atoms with Crippen LogP contribution in [0.15, 0.2) is 116 Å². The quantitative estimate of drug-likeness (QED) is 0.0190. The van der Waals surface area contributed by atoms with Crippen molar-refractivity contribution in [3.8, 4) is 11.1 Å². The van der Waals surface area contributed by atoms with Gasteiger partial charge in [-0.05, 0) is 84.6 Å². The lowest BCUT2D eigenvalue weighted by Crippen LogP contribution is -2.43. The minimum Gasteiger partial charge on any atom is -0.379 e. The Kier molecular flexibility index (Phi) is 33.3. The van der Waals surface area contributed by atoms with E-state index in [9.17, 15) is 47.9 Å². The number of benzene rings is 3. The molecule has 0 saturated carbocycles. The summed E-state index contributed by atoms with van der Waals surface area (Å²) in [6, 6.07) is 24.4. The third-order valence-corrected chi connectivity index (χ3v) is 17.8. The number of aryl methyl sites for hydroxylation is 5. The summed E-state index contributed by atoms with van der Waals surface area (Å²) < 4.78 is 46.4. The van der Waals surface area contributed by atoms with Crippen molar-refractivity contribution >= 4 is 117 Å². The molecule has 10 N–H and O–H groups in total. The molecule has 9 rings (SSSR count). The van der Waals surface area contributed by atoms with Crippen LogP contribution in [0.5, 0.6) is 0 Å². The number of nitrogens with one attached hydrogen (secondary N) is 10. The molecule has 1 aliphatic rings. The topological polar surface area (TPSA) is 422 Å². The average molecular weight is 1600 g/mol. The Morgan fingerprint density at radius 1 is 0.430 bits per heavy atom. The summed E-state index contributed by atoms with van der Waals surface area (Å²) in [6.07, 6.45) is 9.50. The van der Waals surface area contributed by atoms with Crippen LogP contribution < -0.4 is 58.1 Å². The average Bonchev–Trinajstić information content (AvgIpc) is 1.08. The molecule has 114 heavy (non-hydrogen) atoms. The Labute approximate surface area is 663 Å². The fourth-order valence-electron chi connectivity index (χ4n) is 12.0. The van der Waals surface area contributed by atoms with E-state index in [2.05, 4.69) is 81.1 Å². The zero-order valence-corrected chi connectivity index (χ0v) is 65.5. The Balaban J connectivity index is 0.517. The molecule has 0 spiro atoms. The molecule has 3 aromatic carbocycles.